The Kier molecular flexibility index (Phi) is 6.09. The van der Waals surface area contributed by atoms with Gasteiger partial charge in [-0.25, -0.2) is 0 Å². The lowest BCUT2D eigenvalue weighted by molar-refractivity contribution is -0.119. The van der Waals surface area contributed by atoms with Crippen LogP contribution in [-0.2, 0) is 16.8 Å². The summed E-state index contributed by atoms with van der Waals surface area (Å²) in [5.74, 6) is 1.20. The molecule has 5 heteroatoms. The van der Waals surface area contributed by atoms with Crippen molar-refractivity contribution >= 4 is 17.5 Å². The molecular formula is C25H29N3OS. The second-order valence-electron chi connectivity index (χ2n) is 9.02. The van der Waals surface area contributed by atoms with Crippen LogP contribution in [0.2, 0.25) is 0 Å². The molecule has 1 aliphatic carbocycles. The van der Waals surface area contributed by atoms with Crippen LogP contribution in [0.25, 0.3) is 11.4 Å². The SMILES string of the molecule is CC(C)(C)c1ccc(-c2nnc(S[C@H]3CCCCC3=O)n2Cc2ccccc2)cc1. The van der Waals surface area contributed by atoms with E-state index in [9.17, 15) is 4.79 Å². The molecule has 3 aromatic rings. The lowest BCUT2D eigenvalue weighted by atomic mass is 9.87. The summed E-state index contributed by atoms with van der Waals surface area (Å²) in [7, 11) is 0. The monoisotopic (exact) mass is 419 g/mol. The van der Waals surface area contributed by atoms with E-state index in [4.69, 9.17) is 0 Å². The van der Waals surface area contributed by atoms with Crippen molar-refractivity contribution in [2.45, 2.75) is 68.8 Å². The van der Waals surface area contributed by atoms with Crippen molar-refractivity contribution in [3.63, 3.8) is 0 Å². The van der Waals surface area contributed by atoms with E-state index in [1.165, 1.54) is 11.1 Å². The molecule has 1 aromatic heterocycles. The maximum atomic E-state index is 12.4. The highest BCUT2D eigenvalue weighted by molar-refractivity contribution is 8.00. The smallest absolute Gasteiger partial charge is 0.192 e. The van der Waals surface area contributed by atoms with E-state index < -0.39 is 0 Å². The van der Waals surface area contributed by atoms with Gasteiger partial charge in [-0.3, -0.25) is 9.36 Å². The van der Waals surface area contributed by atoms with Crippen molar-refractivity contribution in [2.75, 3.05) is 0 Å². The number of ketones is 1. The average Bonchev–Trinajstić information content (AvgIpc) is 3.12. The Morgan fingerprint density at radius 2 is 1.73 bits per heavy atom. The summed E-state index contributed by atoms with van der Waals surface area (Å²) in [5.41, 5.74) is 3.65. The molecule has 0 bridgehead atoms. The first kappa shape index (κ1) is 20.9. The number of nitrogens with zero attached hydrogens (tertiary/aromatic N) is 3. The normalized spacial score (nSPS) is 17.3. The molecule has 1 saturated carbocycles. The zero-order chi connectivity index (χ0) is 21.1. The molecule has 1 heterocycles. The lowest BCUT2D eigenvalue weighted by Gasteiger charge is -2.20. The van der Waals surface area contributed by atoms with E-state index in [1.54, 1.807) is 11.8 Å². The predicted molar refractivity (Wildman–Crippen MR) is 123 cm³/mol. The molecule has 4 nitrogen and oxygen atoms in total. The van der Waals surface area contributed by atoms with Gasteiger partial charge in [0.1, 0.15) is 5.78 Å². The maximum absolute atomic E-state index is 12.4. The number of benzene rings is 2. The van der Waals surface area contributed by atoms with Gasteiger partial charge in [0.25, 0.3) is 0 Å². The fourth-order valence-electron chi connectivity index (χ4n) is 3.82. The number of Topliss-reactive ketones (excluding diaryl/α,β-unsaturated/α-hetero) is 1. The molecule has 156 valence electrons. The Morgan fingerprint density at radius 3 is 2.40 bits per heavy atom. The van der Waals surface area contributed by atoms with Gasteiger partial charge >= 0.3 is 0 Å². The summed E-state index contributed by atoms with van der Waals surface area (Å²) in [6, 6.07) is 19.0. The van der Waals surface area contributed by atoms with Crippen LogP contribution in [0, 0.1) is 0 Å². The van der Waals surface area contributed by atoms with Crippen molar-refractivity contribution in [2.24, 2.45) is 0 Å². The molecule has 0 unspecified atom stereocenters. The van der Waals surface area contributed by atoms with Crippen LogP contribution in [0.1, 0.15) is 57.6 Å². The number of thioether (sulfide) groups is 1. The Labute approximate surface area is 183 Å². The van der Waals surface area contributed by atoms with Crippen LogP contribution in [-0.4, -0.2) is 25.8 Å². The van der Waals surface area contributed by atoms with Crippen molar-refractivity contribution < 1.29 is 4.79 Å². The first-order chi connectivity index (χ1) is 14.4. The molecule has 1 aliphatic rings. The van der Waals surface area contributed by atoms with E-state index in [1.807, 2.05) is 6.07 Å². The molecular weight excluding hydrogens is 390 g/mol. The van der Waals surface area contributed by atoms with Crippen molar-refractivity contribution in [1.29, 1.82) is 0 Å². The molecule has 0 spiro atoms. The van der Waals surface area contributed by atoms with E-state index in [0.29, 0.717) is 18.7 Å². The van der Waals surface area contributed by atoms with Gasteiger partial charge in [-0.1, -0.05) is 93.6 Å². The average molecular weight is 420 g/mol. The topological polar surface area (TPSA) is 47.8 Å². The Balaban J connectivity index is 1.69. The lowest BCUT2D eigenvalue weighted by Crippen LogP contribution is -2.22. The van der Waals surface area contributed by atoms with Gasteiger partial charge in [-0.2, -0.15) is 0 Å². The number of aromatic nitrogens is 3. The Morgan fingerprint density at radius 1 is 1.00 bits per heavy atom. The minimum Gasteiger partial charge on any atom is -0.298 e. The second-order valence-corrected chi connectivity index (χ2v) is 10.2. The molecule has 0 saturated heterocycles. The minimum absolute atomic E-state index is 0.00594. The predicted octanol–water partition coefficient (Wildman–Crippen LogP) is 5.89. The van der Waals surface area contributed by atoms with Gasteiger partial charge in [0.05, 0.1) is 11.8 Å². The second kappa shape index (κ2) is 8.76. The van der Waals surface area contributed by atoms with E-state index in [0.717, 1.165) is 35.8 Å². The van der Waals surface area contributed by atoms with Gasteiger partial charge in [-0.05, 0) is 29.4 Å². The number of hydrogen-bond donors (Lipinski definition) is 0. The summed E-state index contributed by atoms with van der Waals surface area (Å²) < 4.78 is 2.16. The standard InChI is InChI=1S/C25H29N3OS/c1-25(2,3)20-15-13-19(14-16-20)23-26-27-24(30-22-12-8-7-11-21(22)29)28(23)17-18-9-5-4-6-10-18/h4-6,9-10,13-16,22H,7-8,11-12,17H2,1-3H3/t22-/m0/s1. The van der Waals surface area contributed by atoms with Gasteiger partial charge in [0.15, 0.2) is 11.0 Å². The quantitative estimate of drug-likeness (QED) is 0.517. The van der Waals surface area contributed by atoms with Crippen LogP contribution in [0.5, 0.6) is 0 Å². The van der Waals surface area contributed by atoms with Gasteiger partial charge < -0.3 is 0 Å². The van der Waals surface area contributed by atoms with Crippen molar-refractivity contribution in [1.82, 2.24) is 14.8 Å². The van der Waals surface area contributed by atoms with E-state index in [2.05, 4.69) is 84.1 Å². The van der Waals surface area contributed by atoms with Gasteiger partial charge in [-0.15, -0.1) is 10.2 Å². The number of rotatable bonds is 5. The molecule has 0 N–H and O–H groups in total. The highest BCUT2D eigenvalue weighted by Crippen LogP contribution is 2.33. The summed E-state index contributed by atoms with van der Waals surface area (Å²) >= 11 is 1.58. The van der Waals surface area contributed by atoms with Crippen LogP contribution in [0.3, 0.4) is 0 Å². The molecule has 0 amide bonds. The third-order valence-corrected chi connectivity index (χ3v) is 6.95. The van der Waals surface area contributed by atoms with E-state index >= 15 is 0 Å². The highest BCUT2D eigenvalue weighted by atomic mass is 32.2. The first-order valence-corrected chi connectivity index (χ1v) is 11.6. The minimum atomic E-state index is -0.00594. The number of carbonyl (C=O) groups is 1. The third-order valence-electron chi connectivity index (χ3n) is 5.66. The first-order valence-electron chi connectivity index (χ1n) is 10.7. The number of hydrogen-bond acceptors (Lipinski definition) is 4. The number of carbonyl (C=O) groups excluding carboxylic acids is 1. The largest absolute Gasteiger partial charge is 0.298 e. The van der Waals surface area contributed by atoms with Crippen LogP contribution < -0.4 is 0 Å². The van der Waals surface area contributed by atoms with Crippen molar-refractivity contribution in [3.05, 3.63) is 65.7 Å². The maximum Gasteiger partial charge on any atom is 0.192 e. The van der Waals surface area contributed by atoms with E-state index in [-0.39, 0.29) is 10.7 Å². The van der Waals surface area contributed by atoms with Gasteiger partial charge in [0.2, 0.25) is 0 Å². The summed E-state index contributed by atoms with van der Waals surface area (Å²) in [5, 5.41) is 9.88. The van der Waals surface area contributed by atoms with Crippen LogP contribution in [0.4, 0.5) is 0 Å². The van der Waals surface area contributed by atoms with Crippen LogP contribution >= 0.6 is 11.8 Å². The molecule has 4 rings (SSSR count). The summed E-state index contributed by atoms with van der Waals surface area (Å²) in [6.07, 6.45) is 3.73. The molecule has 2 aromatic carbocycles. The Bertz CT molecular complexity index is 1000. The highest BCUT2D eigenvalue weighted by Gasteiger charge is 2.26. The van der Waals surface area contributed by atoms with Gasteiger partial charge in [0, 0.05) is 12.0 Å². The van der Waals surface area contributed by atoms with Crippen molar-refractivity contribution in [3.8, 4) is 11.4 Å². The fraction of sp³-hybridized carbons (Fsp3) is 0.400. The summed E-state index contributed by atoms with van der Waals surface area (Å²) in [6.45, 7) is 7.34. The molecule has 30 heavy (non-hydrogen) atoms. The zero-order valence-electron chi connectivity index (χ0n) is 18.0. The molecule has 1 fully saturated rings. The molecule has 0 aliphatic heterocycles. The molecule has 1 atom stereocenters. The molecule has 0 radical (unpaired) electrons. The summed E-state index contributed by atoms with van der Waals surface area (Å²) in [4.78, 5) is 12.4. The zero-order valence-corrected chi connectivity index (χ0v) is 18.8. The fourth-order valence-corrected chi connectivity index (χ4v) is 4.97. The third kappa shape index (κ3) is 4.67. The Hall–Kier alpha value is -2.40. The van der Waals surface area contributed by atoms with Crippen LogP contribution in [0.15, 0.2) is 59.8 Å².